The molecule has 3 aromatic heterocycles. The van der Waals surface area contributed by atoms with Gasteiger partial charge in [-0.05, 0) is 38.3 Å². The van der Waals surface area contributed by atoms with Crippen LogP contribution in [-0.4, -0.2) is 43.8 Å². The molecular formula is C19H22N6O. The molecule has 0 aliphatic carbocycles. The lowest BCUT2D eigenvalue weighted by molar-refractivity contribution is 0.0727. The van der Waals surface area contributed by atoms with Crippen molar-refractivity contribution in [2.24, 2.45) is 0 Å². The van der Waals surface area contributed by atoms with E-state index in [0.717, 1.165) is 35.6 Å². The van der Waals surface area contributed by atoms with Crippen LogP contribution in [0.2, 0.25) is 0 Å². The van der Waals surface area contributed by atoms with Crippen molar-refractivity contribution in [1.82, 2.24) is 24.3 Å². The van der Waals surface area contributed by atoms with Gasteiger partial charge in [0, 0.05) is 32.1 Å². The number of hydrogen-bond donors (Lipinski definition) is 1. The average molecular weight is 350 g/mol. The molecule has 1 aliphatic heterocycles. The van der Waals surface area contributed by atoms with E-state index in [4.69, 9.17) is 0 Å². The number of nitrogens with one attached hydrogen (secondary N) is 1. The number of aryl methyl sites for hydroxylation is 2. The van der Waals surface area contributed by atoms with Crippen molar-refractivity contribution in [2.75, 3.05) is 18.9 Å². The minimum Gasteiger partial charge on any atom is -0.373 e. The Hall–Kier alpha value is -2.96. The predicted octanol–water partition coefficient (Wildman–Crippen LogP) is 2.76. The van der Waals surface area contributed by atoms with Crippen LogP contribution in [0.25, 0.3) is 5.65 Å². The summed E-state index contributed by atoms with van der Waals surface area (Å²) in [5, 5.41) is 3.06. The van der Waals surface area contributed by atoms with Crippen molar-refractivity contribution in [3.05, 3.63) is 53.4 Å². The molecule has 1 N–H and O–H groups in total. The lowest BCUT2D eigenvalue weighted by Crippen LogP contribution is -2.31. The summed E-state index contributed by atoms with van der Waals surface area (Å²) >= 11 is 0. The molecule has 1 saturated heterocycles. The first kappa shape index (κ1) is 16.5. The van der Waals surface area contributed by atoms with E-state index in [1.807, 2.05) is 60.8 Å². The van der Waals surface area contributed by atoms with Gasteiger partial charge in [-0.1, -0.05) is 6.07 Å². The third-order valence-corrected chi connectivity index (χ3v) is 4.79. The fourth-order valence-electron chi connectivity index (χ4n) is 3.56. The van der Waals surface area contributed by atoms with Gasteiger partial charge in [0.1, 0.15) is 23.0 Å². The van der Waals surface area contributed by atoms with Gasteiger partial charge < -0.3 is 14.6 Å². The molecule has 1 unspecified atom stereocenters. The second kappa shape index (κ2) is 6.40. The first-order valence-corrected chi connectivity index (χ1v) is 8.85. The van der Waals surface area contributed by atoms with Crippen LogP contribution in [0.5, 0.6) is 0 Å². The fraction of sp³-hybridized carbons (Fsp3) is 0.368. The molecular weight excluding hydrogens is 328 g/mol. The quantitative estimate of drug-likeness (QED) is 0.786. The minimum atomic E-state index is -0.0453. The monoisotopic (exact) mass is 350 g/mol. The van der Waals surface area contributed by atoms with E-state index >= 15 is 0 Å². The molecule has 0 radical (unpaired) electrons. The SMILES string of the molecule is CNc1cc(C2CCCN2C(=O)c2cn3cc(C)ccc3n2)nc(C)n1. The highest BCUT2D eigenvalue weighted by Crippen LogP contribution is 2.32. The Morgan fingerprint density at radius 2 is 2.04 bits per heavy atom. The molecule has 1 fully saturated rings. The molecule has 0 bridgehead atoms. The Balaban J connectivity index is 1.67. The van der Waals surface area contributed by atoms with Crippen LogP contribution in [0.1, 0.15) is 46.5 Å². The molecule has 1 amide bonds. The van der Waals surface area contributed by atoms with E-state index in [-0.39, 0.29) is 11.9 Å². The van der Waals surface area contributed by atoms with E-state index in [0.29, 0.717) is 18.1 Å². The summed E-state index contributed by atoms with van der Waals surface area (Å²) in [7, 11) is 1.84. The van der Waals surface area contributed by atoms with Crippen LogP contribution in [0.3, 0.4) is 0 Å². The van der Waals surface area contributed by atoms with E-state index in [9.17, 15) is 4.79 Å². The number of carbonyl (C=O) groups excluding carboxylic acids is 1. The largest absolute Gasteiger partial charge is 0.373 e. The van der Waals surface area contributed by atoms with Crippen LogP contribution in [0.15, 0.2) is 30.6 Å². The maximum atomic E-state index is 13.1. The Morgan fingerprint density at radius 3 is 2.85 bits per heavy atom. The maximum absolute atomic E-state index is 13.1. The Morgan fingerprint density at radius 1 is 1.19 bits per heavy atom. The Labute approximate surface area is 152 Å². The summed E-state index contributed by atoms with van der Waals surface area (Å²) in [6.45, 7) is 4.61. The molecule has 1 aliphatic rings. The Kier molecular flexibility index (Phi) is 4.06. The predicted molar refractivity (Wildman–Crippen MR) is 99.3 cm³/mol. The highest BCUT2D eigenvalue weighted by Gasteiger charge is 2.33. The lowest BCUT2D eigenvalue weighted by Gasteiger charge is -2.24. The topological polar surface area (TPSA) is 75.4 Å². The van der Waals surface area contributed by atoms with Crippen LogP contribution >= 0.6 is 0 Å². The average Bonchev–Trinajstić information content (AvgIpc) is 3.27. The van der Waals surface area contributed by atoms with Gasteiger partial charge in [-0.25, -0.2) is 15.0 Å². The van der Waals surface area contributed by atoms with E-state index in [1.54, 1.807) is 0 Å². The molecule has 26 heavy (non-hydrogen) atoms. The normalized spacial score (nSPS) is 17.0. The van der Waals surface area contributed by atoms with Crippen LogP contribution < -0.4 is 5.32 Å². The van der Waals surface area contributed by atoms with E-state index in [2.05, 4.69) is 20.3 Å². The molecule has 1 atom stereocenters. The minimum absolute atomic E-state index is 0.0390. The van der Waals surface area contributed by atoms with Crippen LogP contribution in [0, 0.1) is 13.8 Å². The number of aromatic nitrogens is 4. The summed E-state index contributed by atoms with van der Waals surface area (Å²) in [5.41, 5.74) is 3.27. The van der Waals surface area contributed by atoms with Gasteiger partial charge in [0.05, 0.1) is 11.7 Å². The molecule has 4 heterocycles. The van der Waals surface area contributed by atoms with Gasteiger partial charge in [0.15, 0.2) is 0 Å². The molecule has 0 saturated carbocycles. The molecule has 7 heteroatoms. The number of carbonyl (C=O) groups is 1. The standard InChI is InChI=1S/C19H22N6O/c1-12-6-7-18-23-15(11-24(18)10-12)19(26)25-8-4-5-16(25)14-9-17(20-3)22-13(2)21-14/h6-7,9-11,16H,4-5,8H2,1-3H3,(H,20,21,22). The first-order chi connectivity index (χ1) is 12.5. The highest BCUT2D eigenvalue weighted by atomic mass is 16.2. The maximum Gasteiger partial charge on any atom is 0.274 e. The summed E-state index contributed by atoms with van der Waals surface area (Å²) in [5.74, 6) is 1.43. The van der Waals surface area contributed by atoms with E-state index < -0.39 is 0 Å². The smallest absolute Gasteiger partial charge is 0.274 e. The second-order valence-corrected chi connectivity index (χ2v) is 6.73. The fourth-order valence-corrected chi connectivity index (χ4v) is 3.56. The molecule has 0 spiro atoms. The third kappa shape index (κ3) is 2.89. The summed E-state index contributed by atoms with van der Waals surface area (Å²) in [4.78, 5) is 28.4. The number of anilines is 1. The molecule has 0 aromatic carbocycles. The van der Waals surface area contributed by atoms with Crippen molar-refractivity contribution < 1.29 is 4.79 Å². The van der Waals surface area contributed by atoms with E-state index in [1.165, 1.54) is 0 Å². The number of hydrogen-bond acceptors (Lipinski definition) is 5. The Bertz CT molecular complexity index is 979. The molecule has 3 aromatic rings. The number of likely N-dealkylation sites (tertiary alicyclic amines) is 1. The number of amides is 1. The zero-order valence-electron chi connectivity index (χ0n) is 15.2. The molecule has 134 valence electrons. The van der Waals surface area contributed by atoms with Gasteiger partial charge in [0.25, 0.3) is 5.91 Å². The van der Waals surface area contributed by atoms with Crippen molar-refractivity contribution in [1.29, 1.82) is 0 Å². The zero-order chi connectivity index (χ0) is 18.3. The van der Waals surface area contributed by atoms with Crippen molar-refractivity contribution in [3.8, 4) is 0 Å². The van der Waals surface area contributed by atoms with Gasteiger partial charge in [-0.15, -0.1) is 0 Å². The summed E-state index contributed by atoms with van der Waals surface area (Å²) < 4.78 is 1.90. The second-order valence-electron chi connectivity index (χ2n) is 6.73. The summed E-state index contributed by atoms with van der Waals surface area (Å²) in [6.07, 6.45) is 5.65. The number of pyridine rings is 1. The van der Waals surface area contributed by atoms with Gasteiger partial charge >= 0.3 is 0 Å². The van der Waals surface area contributed by atoms with Gasteiger partial charge in [-0.3, -0.25) is 4.79 Å². The van der Waals surface area contributed by atoms with Crippen LogP contribution in [0.4, 0.5) is 5.82 Å². The number of rotatable bonds is 3. The van der Waals surface area contributed by atoms with Crippen LogP contribution in [-0.2, 0) is 0 Å². The number of nitrogens with zero attached hydrogens (tertiary/aromatic N) is 5. The van der Waals surface area contributed by atoms with Crippen molar-refractivity contribution >= 4 is 17.4 Å². The van der Waals surface area contributed by atoms with Crippen molar-refractivity contribution in [2.45, 2.75) is 32.7 Å². The van der Waals surface area contributed by atoms with Crippen molar-refractivity contribution in [3.63, 3.8) is 0 Å². The number of imidazole rings is 1. The van der Waals surface area contributed by atoms with Gasteiger partial charge in [-0.2, -0.15) is 0 Å². The molecule has 4 rings (SSSR count). The first-order valence-electron chi connectivity index (χ1n) is 8.85. The third-order valence-electron chi connectivity index (χ3n) is 4.79. The number of fused-ring (bicyclic) bond motifs is 1. The summed E-state index contributed by atoms with van der Waals surface area (Å²) in [6, 6.07) is 5.82. The lowest BCUT2D eigenvalue weighted by atomic mass is 10.1. The molecule has 7 nitrogen and oxygen atoms in total. The van der Waals surface area contributed by atoms with Gasteiger partial charge in [0.2, 0.25) is 0 Å². The highest BCUT2D eigenvalue weighted by molar-refractivity contribution is 5.93. The zero-order valence-corrected chi connectivity index (χ0v) is 15.2.